The van der Waals surface area contributed by atoms with Gasteiger partial charge >= 0.3 is 0 Å². The van der Waals surface area contributed by atoms with Gasteiger partial charge in [0.05, 0.1) is 6.20 Å². The number of nitrogens with two attached hydrogens (primary N) is 1. The summed E-state index contributed by atoms with van der Waals surface area (Å²) in [6.07, 6.45) is 3.49. The van der Waals surface area contributed by atoms with Crippen molar-refractivity contribution >= 4 is 0 Å². The standard InChI is InChI=1S/C11H17N5O2/c1-11(2,17-4)10-14-9(18-15-10)8(12)7-5-13-16(3)6-7/h5-6,8H,12H2,1-4H3. The molecule has 0 bridgehead atoms. The first-order chi connectivity index (χ1) is 8.44. The maximum atomic E-state index is 6.04. The van der Waals surface area contributed by atoms with Gasteiger partial charge in [-0.05, 0) is 13.8 Å². The van der Waals surface area contributed by atoms with Crippen LogP contribution in [0.15, 0.2) is 16.9 Å². The quantitative estimate of drug-likeness (QED) is 0.861. The normalized spacial score (nSPS) is 13.8. The highest BCUT2D eigenvalue weighted by Crippen LogP contribution is 2.23. The molecule has 7 heteroatoms. The number of rotatable bonds is 4. The fraction of sp³-hybridized carbons (Fsp3) is 0.545. The van der Waals surface area contributed by atoms with E-state index in [-0.39, 0.29) is 0 Å². The Kier molecular flexibility index (Phi) is 3.18. The van der Waals surface area contributed by atoms with Crippen LogP contribution in [0.4, 0.5) is 0 Å². The van der Waals surface area contributed by atoms with Crippen molar-refractivity contribution in [1.82, 2.24) is 19.9 Å². The van der Waals surface area contributed by atoms with Gasteiger partial charge in [0, 0.05) is 25.9 Å². The van der Waals surface area contributed by atoms with E-state index >= 15 is 0 Å². The summed E-state index contributed by atoms with van der Waals surface area (Å²) >= 11 is 0. The maximum absolute atomic E-state index is 6.04. The zero-order valence-electron chi connectivity index (χ0n) is 10.9. The summed E-state index contributed by atoms with van der Waals surface area (Å²) < 4.78 is 12.1. The lowest BCUT2D eigenvalue weighted by molar-refractivity contribution is 0.00973. The van der Waals surface area contributed by atoms with E-state index in [0.29, 0.717) is 11.7 Å². The topological polar surface area (TPSA) is 92.0 Å². The molecule has 0 aliphatic rings. The molecule has 0 fully saturated rings. The first-order valence-corrected chi connectivity index (χ1v) is 5.57. The first-order valence-electron chi connectivity index (χ1n) is 5.57. The van der Waals surface area contributed by atoms with Gasteiger partial charge in [-0.25, -0.2) is 0 Å². The van der Waals surface area contributed by atoms with E-state index in [1.54, 1.807) is 18.0 Å². The van der Waals surface area contributed by atoms with Gasteiger partial charge < -0.3 is 15.0 Å². The van der Waals surface area contributed by atoms with Crippen LogP contribution in [0.5, 0.6) is 0 Å². The third-order valence-electron chi connectivity index (χ3n) is 2.84. The summed E-state index contributed by atoms with van der Waals surface area (Å²) in [7, 11) is 3.42. The van der Waals surface area contributed by atoms with E-state index in [1.165, 1.54) is 0 Å². The Labute approximate surface area is 105 Å². The van der Waals surface area contributed by atoms with E-state index in [2.05, 4.69) is 15.2 Å². The molecule has 0 saturated carbocycles. The molecule has 0 aliphatic heterocycles. The van der Waals surface area contributed by atoms with Crippen molar-refractivity contribution in [2.75, 3.05) is 7.11 Å². The molecule has 2 rings (SSSR count). The van der Waals surface area contributed by atoms with E-state index in [4.69, 9.17) is 15.0 Å². The van der Waals surface area contributed by atoms with Crippen LogP contribution in [0, 0.1) is 0 Å². The van der Waals surface area contributed by atoms with Gasteiger partial charge in [0.25, 0.3) is 0 Å². The van der Waals surface area contributed by atoms with Gasteiger partial charge in [0.2, 0.25) is 11.7 Å². The predicted molar refractivity (Wildman–Crippen MR) is 63.6 cm³/mol. The van der Waals surface area contributed by atoms with Crippen LogP contribution in [0.2, 0.25) is 0 Å². The van der Waals surface area contributed by atoms with E-state index in [9.17, 15) is 0 Å². The zero-order chi connectivity index (χ0) is 13.3. The summed E-state index contributed by atoms with van der Waals surface area (Å²) in [6, 6.07) is -0.479. The molecule has 18 heavy (non-hydrogen) atoms. The van der Waals surface area contributed by atoms with Crippen LogP contribution in [-0.2, 0) is 17.4 Å². The molecule has 0 radical (unpaired) electrons. The van der Waals surface area contributed by atoms with Gasteiger partial charge in [-0.15, -0.1) is 0 Å². The van der Waals surface area contributed by atoms with Crippen LogP contribution in [-0.4, -0.2) is 27.0 Å². The Bertz CT molecular complexity index is 531. The lowest BCUT2D eigenvalue weighted by Crippen LogP contribution is -2.21. The summed E-state index contributed by atoms with van der Waals surface area (Å²) in [5.41, 5.74) is 6.26. The van der Waals surface area contributed by atoms with Crippen molar-refractivity contribution in [3.8, 4) is 0 Å². The summed E-state index contributed by atoms with van der Waals surface area (Å²) in [4.78, 5) is 4.27. The van der Waals surface area contributed by atoms with Crippen molar-refractivity contribution < 1.29 is 9.26 Å². The first kappa shape index (κ1) is 12.7. The van der Waals surface area contributed by atoms with Crippen molar-refractivity contribution in [2.45, 2.75) is 25.5 Å². The molecule has 2 N–H and O–H groups in total. The molecule has 2 aromatic heterocycles. The zero-order valence-corrected chi connectivity index (χ0v) is 10.9. The number of methoxy groups -OCH3 is 1. The lowest BCUT2D eigenvalue weighted by atomic mass is 10.1. The summed E-state index contributed by atoms with van der Waals surface area (Å²) in [5, 5.41) is 7.95. The van der Waals surface area contributed by atoms with Crippen LogP contribution >= 0.6 is 0 Å². The molecule has 0 amide bonds. The second kappa shape index (κ2) is 4.51. The molecule has 1 atom stereocenters. The molecule has 98 valence electrons. The Morgan fingerprint density at radius 2 is 2.22 bits per heavy atom. The van der Waals surface area contributed by atoms with Gasteiger partial charge in [0.15, 0.2) is 0 Å². The maximum Gasteiger partial charge on any atom is 0.248 e. The minimum Gasteiger partial charge on any atom is -0.371 e. The molecule has 0 saturated heterocycles. The highest BCUT2D eigenvalue weighted by atomic mass is 16.5. The number of ether oxygens (including phenoxy) is 1. The molecule has 2 aromatic rings. The molecule has 0 spiro atoms. The smallest absolute Gasteiger partial charge is 0.248 e. The van der Waals surface area contributed by atoms with Crippen molar-refractivity contribution in [2.24, 2.45) is 12.8 Å². The Morgan fingerprint density at radius 1 is 1.50 bits per heavy atom. The van der Waals surface area contributed by atoms with Crippen LogP contribution in [0.1, 0.15) is 37.2 Å². The summed E-state index contributed by atoms with van der Waals surface area (Å²) in [6.45, 7) is 3.72. The third-order valence-corrected chi connectivity index (χ3v) is 2.84. The number of hydrogen-bond donors (Lipinski definition) is 1. The fourth-order valence-electron chi connectivity index (χ4n) is 1.44. The van der Waals surface area contributed by atoms with Crippen LogP contribution < -0.4 is 5.73 Å². The van der Waals surface area contributed by atoms with E-state index in [1.807, 2.05) is 27.1 Å². The van der Waals surface area contributed by atoms with Gasteiger partial charge in [0.1, 0.15) is 11.6 Å². The number of aryl methyl sites for hydroxylation is 1. The lowest BCUT2D eigenvalue weighted by Gasteiger charge is -2.17. The number of aromatic nitrogens is 4. The molecule has 7 nitrogen and oxygen atoms in total. The highest BCUT2D eigenvalue weighted by molar-refractivity contribution is 5.17. The molecule has 0 aliphatic carbocycles. The molecular formula is C11H17N5O2. The monoisotopic (exact) mass is 251 g/mol. The minimum absolute atomic E-state index is 0.350. The molecular weight excluding hydrogens is 234 g/mol. The average molecular weight is 251 g/mol. The van der Waals surface area contributed by atoms with Crippen molar-refractivity contribution in [1.29, 1.82) is 0 Å². The van der Waals surface area contributed by atoms with E-state index < -0.39 is 11.6 Å². The van der Waals surface area contributed by atoms with Gasteiger partial charge in [-0.1, -0.05) is 5.16 Å². The SMILES string of the molecule is COC(C)(C)c1noc(C(N)c2cnn(C)c2)n1. The molecule has 2 heterocycles. The fourth-order valence-corrected chi connectivity index (χ4v) is 1.44. The molecule has 0 aromatic carbocycles. The predicted octanol–water partition coefficient (Wildman–Crippen LogP) is 0.733. The number of nitrogens with zero attached hydrogens (tertiary/aromatic N) is 4. The second-order valence-electron chi connectivity index (χ2n) is 4.60. The minimum atomic E-state index is -0.601. The Balaban J connectivity index is 2.25. The van der Waals surface area contributed by atoms with Crippen LogP contribution in [0.3, 0.4) is 0 Å². The van der Waals surface area contributed by atoms with Gasteiger partial charge in [-0.2, -0.15) is 10.1 Å². The summed E-state index contributed by atoms with van der Waals surface area (Å²) in [5.74, 6) is 0.822. The largest absolute Gasteiger partial charge is 0.371 e. The molecule has 1 unspecified atom stereocenters. The van der Waals surface area contributed by atoms with Crippen molar-refractivity contribution in [3.05, 3.63) is 29.7 Å². The Morgan fingerprint density at radius 3 is 2.78 bits per heavy atom. The average Bonchev–Trinajstić information content (AvgIpc) is 2.96. The van der Waals surface area contributed by atoms with Crippen molar-refractivity contribution in [3.63, 3.8) is 0 Å². The van der Waals surface area contributed by atoms with E-state index in [0.717, 1.165) is 5.56 Å². The third kappa shape index (κ3) is 2.27. The number of hydrogen-bond acceptors (Lipinski definition) is 6. The van der Waals surface area contributed by atoms with Gasteiger partial charge in [-0.3, -0.25) is 4.68 Å². The second-order valence-corrected chi connectivity index (χ2v) is 4.60. The Hall–Kier alpha value is -1.73. The van der Waals surface area contributed by atoms with Crippen LogP contribution in [0.25, 0.3) is 0 Å². The highest BCUT2D eigenvalue weighted by Gasteiger charge is 2.28.